The molecule has 2 aromatic carbocycles. The minimum atomic E-state index is -5.86. The van der Waals surface area contributed by atoms with Gasteiger partial charge in [-0.2, -0.15) is 23.2 Å². The summed E-state index contributed by atoms with van der Waals surface area (Å²) in [5, 5.41) is 9.38. The third-order valence-electron chi connectivity index (χ3n) is 4.57. The average Bonchev–Trinajstić information content (AvgIpc) is 3.20. The van der Waals surface area contributed by atoms with Gasteiger partial charge in [0.25, 0.3) is 10.0 Å². The summed E-state index contributed by atoms with van der Waals surface area (Å²) in [6, 6.07) is 7.07. The van der Waals surface area contributed by atoms with Crippen LogP contribution in [0.25, 0.3) is 10.1 Å². The number of nitrogens with one attached hydrogen (secondary N) is 1. The predicted molar refractivity (Wildman–Crippen MR) is 117 cm³/mol. The molecule has 1 aromatic heterocycles. The van der Waals surface area contributed by atoms with Gasteiger partial charge in [-0.05, 0) is 42.8 Å². The second-order valence-corrected chi connectivity index (χ2v) is 12.1. The van der Waals surface area contributed by atoms with Gasteiger partial charge in [-0.3, -0.25) is 0 Å². The van der Waals surface area contributed by atoms with Gasteiger partial charge in [0.1, 0.15) is 23.1 Å². The number of quaternary nitrogens is 1. The van der Waals surface area contributed by atoms with Crippen LogP contribution in [0.5, 0.6) is 5.75 Å². The van der Waals surface area contributed by atoms with Crippen molar-refractivity contribution < 1.29 is 46.4 Å². The van der Waals surface area contributed by atoms with Crippen LogP contribution >= 0.6 is 30.5 Å². The van der Waals surface area contributed by atoms with Gasteiger partial charge in [-0.15, -0.1) is 11.3 Å². The van der Waals surface area contributed by atoms with E-state index in [4.69, 9.17) is 21.6 Å². The predicted octanol–water partition coefficient (Wildman–Crippen LogP) is 1.96. The van der Waals surface area contributed by atoms with Crippen molar-refractivity contribution in [1.82, 2.24) is 4.72 Å². The fraction of sp³-hybridized carbons (Fsp3) is 0.211. The second-order valence-electron chi connectivity index (χ2n) is 7.07. The van der Waals surface area contributed by atoms with Gasteiger partial charge in [0.05, 0.1) is 32.7 Å². The molecule has 0 fully saturated rings. The summed E-state index contributed by atoms with van der Waals surface area (Å²) in [6.45, 7) is 0.729. The molecule has 0 aliphatic heterocycles. The van der Waals surface area contributed by atoms with E-state index < -0.39 is 50.5 Å². The Hall–Kier alpha value is -2.21. The fourth-order valence-corrected chi connectivity index (χ4v) is 7.28. The van der Waals surface area contributed by atoms with E-state index in [-0.39, 0.29) is 17.7 Å². The van der Waals surface area contributed by atoms with Crippen molar-refractivity contribution in [2.24, 2.45) is 0 Å². The highest BCUT2D eigenvalue weighted by Crippen LogP contribution is 2.46. The summed E-state index contributed by atoms with van der Waals surface area (Å²) in [5.74, 6) is -2.24. The smallest absolute Gasteiger partial charge is 0.417 e. The van der Waals surface area contributed by atoms with Crippen LogP contribution in [0.4, 0.5) is 13.2 Å². The molecule has 0 saturated carbocycles. The standard InChI is InChI=1S/C19H16ClF3N3O6PS2/c20-15-8-13(32-4-3-24)5-12-7-16(34-17(12)15)35(30,31)26-18(33(27,28)29)10-1-2-11(9-25)14(6-10)19(21,22)23/h1-2,5-8,18,26H,3-4,24H2,(H2,27,28,29)/p-1. The molecule has 16 heteroatoms. The van der Waals surface area contributed by atoms with E-state index in [9.17, 15) is 35.9 Å². The van der Waals surface area contributed by atoms with Crippen LogP contribution in [0.1, 0.15) is 22.5 Å². The minimum absolute atomic E-state index is 0.143. The molecule has 0 radical (unpaired) electrons. The maximum absolute atomic E-state index is 13.3. The first-order chi connectivity index (χ1) is 16.2. The lowest BCUT2D eigenvalue weighted by Gasteiger charge is -2.38. The fourth-order valence-electron chi connectivity index (χ4n) is 3.05. The van der Waals surface area contributed by atoms with Gasteiger partial charge in [0.2, 0.25) is 0 Å². The van der Waals surface area contributed by atoms with Crippen LogP contribution in [0, 0.1) is 11.3 Å². The summed E-state index contributed by atoms with van der Waals surface area (Å²) in [6.07, 6.45) is -5.06. The lowest BCUT2D eigenvalue weighted by atomic mass is 10.0. The Morgan fingerprint density at radius 2 is 1.94 bits per heavy atom. The van der Waals surface area contributed by atoms with Crippen molar-refractivity contribution in [3.63, 3.8) is 0 Å². The van der Waals surface area contributed by atoms with Crippen LogP contribution < -0.4 is 25.0 Å². The molecule has 0 aliphatic carbocycles. The molecule has 0 amide bonds. The molecule has 3 aromatic rings. The van der Waals surface area contributed by atoms with E-state index in [2.05, 4.69) is 5.73 Å². The lowest BCUT2D eigenvalue weighted by molar-refractivity contribution is -0.370. The molecule has 0 saturated heterocycles. The Morgan fingerprint density at radius 1 is 1.26 bits per heavy atom. The summed E-state index contributed by atoms with van der Waals surface area (Å²) in [7, 11) is -10.6. The average molecular weight is 569 g/mol. The Morgan fingerprint density at radius 3 is 2.51 bits per heavy atom. The van der Waals surface area contributed by atoms with Crippen molar-refractivity contribution >= 4 is 50.6 Å². The number of hydrogen-bond acceptors (Lipinski definition) is 8. The Labute approximate surface area is 206 Å². The molecule has 188 valence electrons. The van der Waals surface area contributed by atoms with Gasteiger partial charge in [-0.25, -0.2) is 8.42 Å². The van der Waals surface area contributed by atoms with Crippen LogP contribution in [0.3, 0.4) is 0 Å². The van der Waals surface area contributed by atoms with E-state index >= 15 is 0 Å². The zero-order valence-electron chi connectivity index (χ0n) is 17.3. The topological polar surface area (TPSA) is 170 Å². The molecule has 3 rings (SSSR count). The van der Waals surface area contributed by atoms with Crippen molar-refractivity contribution in [3.8, 4) is 11.8 Å². The number of nitriles is 1. The van der Waals surface area contributed by atoms with Crippen molar-refractivity contribution in [2.45, 2.75) is 16.2 Å². The molecule has 4 N–H and O–H groups in total. The van der Waals surface area contributed by atoms with E-state index in [1.54, 1.807) is 4.72 Å². The molecule has 1 heterocycles. The normalized spacial score (nSPS) is 13.5. The Balaban J connectivity index is 2.05. The highest BCUT2D eigenvalue weighted by atomic mass is 35.5. The third kappa shape index (κ3) is 6.14. The number of rotatable bonds is 8. The number of benzene rings is 2. The van der Waals surface area contributed by atoms with E-state index in [0.29, 0.717) is 39.8 Å². The number of alkyl halides is 3. The van der Waals surface area contributed by atoms with Gasteiger partial charge < -0.3 is 24.8 Å². The molecule has 0 aliphatic rings. The Kier molecular flexibility index (Phi) is 7.85. The molecular formula is C19H15ClF3N3O6PS2-. The first-order valence-electron chi connectivity index (χ1n) is 9.48. The molecule has 0 spiro atoms. The minimum Gasteiger partial charge on any atom is -0.809 e. The molecule has 0 bridgehead atoms. The molecule has 1 unspecified atom stereocenters. The number of halogens is 4. The summed E-state index contributed by atoms with van der Waals surface area (Å²) in [4.78, 5) is 23.8. The highest BCUT2D eigenvalue weighted by Gasteiger charge is 2.35. The Bertz CT molecular complexity index is 1470. The molecule has 1 atom stereocenters. The first-order valence-corrected chi connectivity index (χ1v) is 13.8. The van der Waals surface area contributed by atoms with Crippen molar-refractivity contribution in [1.29, 1.82) is 5.26 Å². The van der Waals surface area contributed by atoms with Gasteiger partial charge >= 0.3 is 6.18 Å². The molecular weight excluding hydrogens is 554 g/mol. The van der Waals surface area contributed by atoms with Crippen LogP contribution in [-0.4, -0.2) is 21.6 Å². The zero-order valence-corrected chi connectivity index (χ0v) is 20.6. The van der Waals surface area contributed by atoms with Crippen molar-refractivity contribution in [3.05, 3.63) is 58.1 Å². The summed E-state index contributed by atoms with van der Waals surface area (Å²) >= 11 is 6.85. The number of thiophene rings is 1. The SMILES string of the molecule is N#Cc1ccc(C(NS(=O)(=O)c2cc3cc(OCC[NH3+])cc(Cl)c3s2)P(=O)([O-])[O-])cc1C(F)(F)F. The first kappa shape index (κ1) is 27.4. The number of hydrogen-bond donors (Lipinski definition) is 2. The quantitative estimate of drug-likeness (QED) is 0.391. The van der Waals surface area contributed by atoms with Gasteiger partial charge in [0.15, 0.2) is 0 Å². The van der Waals surface area contributed by atoms with Crippen LogP contribution in [-0.2, 0) is 20.8 Å². The summed E-state index contributed by atoms with van der Waals surface area (Å²) in [5.41, 5.74) is 0.488. The highest BCUT2D eigenvalue weighted by molar-refractivity contribution is 7.92. The van der Waals surface area contributed by atoms with E-state index in [1.807, 2.05) is 0 Å². The van der Waals surface area contributed by atoms with Gasteiger partial charge in [0, 0.05) is 6.07 Å². The maximum Gasteiger partial charge on any atom is 0.417 e. The zero-order chi connectivity index (χ0) is 26.2. The van der Waals surface area contributed by atoms with E-state index in [1.165, 1.54) is 18.2 Å². The lowest BCUT2D eigenvalue weighted by Crippen LogP contribution is -2.52. The monoisotopic (exact) mass is 568 g/mol. The number of sulfonamides is 1. The van der Waals surface area contributed by atoms with Crippen LogP contribution in [0.2, 0.25) is 5.02 Å². The van der Waals surface area contributed by atoms with Crippen molar-refractivity contribution in [2.75, 3.05) is 13.2 Å². The number of ether oxygens (including phenoxy) is 1. The number of fused-ring (bicyclic) bond motifs is 1. The molecule has 35 heavy (non-hydrogen) atoms. The van der Waals surface area contributed by atoms with E-state index in [0.717, 1.165) is 12.1 Å². The summed E-state index contributed by atoms with van der Waals surface area (Å²) < 4.78 is 84.7. The largest absolute Gasteiger partial charge is 0.809 e. The van der Waals surface area contributed by atoms with Gasteiger partial charge in [-0.1, -0.05) is 17.7 Å². The number of nitrogens with zero attached hydrogens (tertiary/aromatic N) is 1. The molecule has 9 nitrogen and oxygen atoms in total. The third-order valence-corrected chi connectivity index (χ3v) is 9.29. The maximum atomic E-state index is 13.3. The van der Waals surface area contributed by atoms with Crippen LogP contribution in [0.15, 0.2) is 40.6 Å². The second kappa shape index (κ2) is 10.0.